The van der Waals surface area contributed by atoms with E-state index < -0.39 is 0 Å². The highest BCUT2D eigenvalue weighted by Gasteiger charge is 2.24. The van der Waals surface area contributed by atoms with E-state index in [4.69, 9.17) is 0 Å². The molecular formula is C21H35IN4O. The van der Waals surface area contributed by atoms with Gasteiger partial charge in [0.2, 0.25) is 5.91 Å². The number of rotatable bonds is 9. The van der Waals surface area contributed by atoms with Gasteiger partial charge in [0.25, 0.3) is 0 Å². The summed E-state index contributed by atoms with van der Waals surface area (Å²) in [6.45, 7) is 9.46. The first-order valence-corrected chi connectivity index (χ1v) is 9.95. The number of carbonyl (C=O) groups is 1. The molecule has 0 aromatic heterocycles. The van der Waals surface area contributed by atoms with Gasteiger partial charge in [-0.15, -0.1) is 24.0 Å². The number of halogens is 1. The SMILES string of the molecule is CCNC(=NCCCNC(=O)C1CCC1)NCCc1cc(C)cc(C)c1.I. The summed E-state index contributed by atoms with van der Waals surface area (Å²) in [6, 6.07) is 6.68. The number of aryl methyl sites for hydroxylation is 2. The smallest absolute Gasteiger partial charge is 0.223 e. The number of amides is 1. The van der Waals surface area contributed by atoms with Crippen LogP contribution in [-0.2, 0) is 11.2 Å². The van der Waals surface area contributed by atoms with E-state index in [1.807, 2.05) is 0 Å². The van der Waals surface area contributed by atoms with Crippen LogP contribution in [0, 0.1) is 19.8 Å². The van der Waals surface area contributed by atoms with Crippen LogP contribution in [0.5, 0.6) is 0 Å². The van der Waals surface area contributed by atoms with Gasteiger partial charge in [0.15, 0.2) is 5.96 Å². The molecule has 0 unspecified atom stereocenters. The van der Waals surface area contributed by atoms with Gasteiger partial charge < -0.3 is 16.0 Å². The molecule has 1 saturated carbocycles. The Morgan fingerprint density at radius 3 is 2.37 bits per heavy atom. The lowest BCUT2D eigenvalue weighted by atomic mass is 9.85. The average Bonchev–Trinajstić information content (AvgIpc) is 2.52. The number of guanidine groups is 1. The van der Waals surface area contributed by atoms with E-state index in [1.54, 1.807) is 0 Å². The molecule has 1 aliphatic carbocycles. The van der Waals surface area contributed by atoms with E-state index >= 15 is 0 Å². The predicted octanol–water partition coefficient (Wildman–Crippen LogP) is 3.33. The molecule has 0 radical (unpaired) electrons. The molecule has 0 bridgehead atoms. The molecule has 1 aromatic rings. The predicted molar refractivity (Wildman–Crippen MR) is 124 cm³/mol. The van der Waals surface area contributed by atoms with Crippen LogP contribution in [0.4, 0.5) is 0 Å². The van der Waals surface area contributed by atoms with Crippen LogP contribution < -0.4 is 16.0 Å². The molecule has 0 atom stereocenters. The summed E-state index contributed by atoms with van der Waals surface area (Å²) in [5.74, 6) is 1.34. The van der Waals surface area contributed by atoms with Gasteiger partial charge in [-0.25, -0.2) is 0 Å². The number of nitrogens with one attached hydrogen (secondary N) is 3. The minimum Gasteiger partial charge on any atom is -0.357 e. The fraction of sp³-hybridized carbons (Fsp3) is 0.619. The van der Waals surface area contributed by atoms with Crippen LogP contribution >= 0.6 is 24.0 Å². The lowest BCUT2D eigenvalue weighted by Crippen LogP contribution is -2.38. The number of hydrogen-bond donors (Lipinski definition) is 3. The number of benzene rings is 1. The molecule has 27 heavy (non-hydrogen) atoms. The standard InChI is InChI=1S/C21H34N4O.HI/c1-4-22-21(24-11-6-10-23-20(26)19-7-5-8-19)25-12-9-18-14-16(2)13-17(3)15-18;/h13-15,19H,4-12H2,1-3H3,(H,23,26)(H2,22,24,25);1H. The second-order valence-electron chi connectivity index (χ2n) is 7.21. The maximum atomic E-state index is 11.8. The maximum absolute atomic E-state index is 11.8. The zero-order chi connectivity index (χ0) is 18.8. The lowest BCUT2D eigenvalue weighted by molar-refractivity contribution is -0.127. The molecule has 1 fully saturated rings. The van der Waals surface area contributed by atoms with Crippen molar-refractivity contribution in [1.29, 1.82) is 0 Å². The summed E-state index contributed by atoms with van der Waals surface area (Å²) in [5.41, 5.74) is 3.97. The Labute approximate surface area is 181 Å². The molecule has 0 spiro atoms. The first kappa shape index (κ1) is 23.7. The van der Waals surface area contributed by atoms with Gasteiger partial charge in [0, 0.05) is 32.1 Å². The summed E-state index contributed by atoms with van der Waals surface area (Å²) in [5, 5.41) is 9.69. The van der Waals surface area contributed by atoms with Crippen molar-refractivity contribution in [3.05, 3.63) is 34.9 Å². The molecule has 2 rings (SSSR count). The van der Waals surface area contributed by atoms with Gasteiger partial charge in [-0.3, -0.25) is 9.79 Å². The molecule has 152 valence electrons. The topological polar surface area (TPSA) is 65.5 Å². The lowest BCUT2D eigenvalue weighted by Gasteiger charge is -2.23. The van der Waals surface area contributed by atoms with E-state index in [0.29, 0.717) is 13.1 Å². The van der Waals surface area contributed by atoms with Crippen LogP contribution in [0.1, 0.15) is 49.3 Å². The highest BCUT2D eigenvalue weighted by Crippen LogP contribution is 2.25. The molecule has 6 heteroatoms. The van der Waals surface area contributed by atoms with Gasteiger partial charge in [-0.05, 0) is 52.0 Å². The quantitative estimate of drug-likeness (QED) is 0.217. The first-order chi connectivity index (χ1) is 12.6. The third kappa shape index (κ3) is 8.95. The van der Waals surface area contributed by atoms with Crippen molar-refractivity contribution < 1.29 is 4.79 Å². The zero-order valence-electron chi connectivity index (χ0n) is 16.9. The number of aliphatic imine (C=N–C) groups is 1. The van der Waals surface area contributed by atoms with Crippen molar-refractivity contribution >= 4 is 35.8 Å². The third-order valence-corrected chi connectivity index (χ3v) is 4.71. The number of hydrogen-bond acceptors (Lipinski definition) is 2. The Hall–Kier alpha value is -1.31. The molecule has 1 amide bonds. The van der Waals surface area contributed by atoms with Crippen LogP contribution in [0.2, 0.25) is 0 Å². The van der Waals surface area contributed by atoms with E-state index in [1.165, 1.54) is 23.1 Å². The Morgan fingerprint density at radius 2 is 1.78 bits per heavy atom. The van der Waals surface area contributed by atoms with Crippen LogP contribution in [0.15, 0.2) is 23.2 Å². The second kappa shape index (κ2) is 13.0. The Bertz CT molecular complexity index is 594. The van der Waals surface area contributed by atoms with Gasteiger partial charge in [-0.2, -0.15) is 0 Å². The Kier molecular flexibility index (Phi) is 11.4. The second-order valence-corrected chi connectivity index (χ2v) is 7.21. The average molecular weight is 486 g/mol. The molecule has 1 aromatic carbocycles. The Morgan fingerprint density at radius 1 is 1.07 bits per heavy atom. The van der Waals surface area contributed by atoms with E-state index in [2.05, 4.69) is 59.9 Å². The summed E-state index contributed by atoms with van der Waals surface area (Å²) >= 11 is 0. The van der Waals surface area contributed by atoms with Gasteiger partial charge in [-0.1, -0.05) is 35.7 Å². The molecule has 3 N–H and O–H groups in total. The fourth-order valence-electron chi connectivity index (χ4n) is 3.18. The van der Waals surface area contributed by atoms with Crippen LogP contribution in [-0.4, -0.2) is 38.0 Å². The minimum absolute atomic E-state index is 0. The van der Waals surface area contributed by atoms with Crippen molar-refractivity contribution in [2.75, 3.05) is 26.2 Å². The Balaban J connectivity index is 0.00000364. The number of nitrogens with zero attached hydrogens (tertiary/aromatic N) is 1. The molecule has 0 heterocycles. The highest BCUT2D eigenvalue weighted by molar-refractivity contribution is 14.0. The van der Waals surface area contributed by atoms with Gasteiger partial charge >= 0.3 is 0 Å². The fourth-order valence-corrected chi connectivity index (χ4v) is 3.18. The van der Waals surface area contributed by atoms with Crippen molar-refractivity contribution in [3.8, 4) is 0 Å². The van der Waals surface area contributed by atoms with Crippen molar-refractivity contribution in [1.82, 2.24) is 16.0 Å². The summed E-state index contributed by atoms with van der Waals surface area (Å²) in [6.07, 6.45) is 5.15. The van der Waals surface area contributed by atoms with E-state index in [0.717, 1.165) is 44.7 Å². The summed E-state index contributed by atoms with van der Waals surface area (Å²) in [4.78, 5) is 16.4. The van der Waals surface area contributed by atoms with Crippen LogP contribution in [0.25, 0.3) is 0 Å². The zero-order valence-corrected chi connectivity index (χ0v) is 19.3. The largest absolute Gasteiger partial charge is 0.357 e. The normalized spacial score (nSPS) is 14.1. The third-order valence-electron chi connectivity index (χ3n) is 4.71. The number of carbonyl (C=O) groups excluding carboxylic acids is 1. The first-order valence-electron chi connectivity index (χ1n) is 9.95. The highest BCUT2D eigenvalue weighted by atomic mass is 127. The van der Waals surface area contributed by atoms with Crippen molar-refractivity contribution in [2.24, 2.45) is 10.9 Å². The van der Waals surface area contributed by atoms with E-state index in [-0.39, 0.29) is 35.8 Å². The maximum Gasteiger partial charge on any atom is 0.223 e. The monoisotopic (exact) mass is 486 g/mol. The molecule has 1 aliphatic rings. The van der Waals surface area contributed by atoms with E-state index in [9.17, 15) is 4.79 Å². The molecule has 5 nitrogen and oxygen atoms in total. The van der Waals surface area contributed by atoms with Crippen molar-refractivity contribution in [3.63, 3.8) is 0 Å². The van der Waals surface area contributed by atoms with Gasteiger partial charge in [0.05, 0.1) is 0 Å². The molecule has 0 saturated heterocycles. The molecule has 0 aliphatic heterocycles. The molecular weight excluding hydrogens is 451 g/mol. The van der Waals surface area contributed by atoms with Crippen LogP contribution in [0.3, 0.4) is 0 Å². The van der Waals surface area contributed by atoms with Crippen molar-refractivity contribution in [2.45, 2.75) is 52.9 Å². The van der Waals surface area contributed by atoms with Gasteiger partial charge in [0.1, 0.15) is 0 Å². The minimum atomic E-state index is 0. The summed E-state index contributed by atoms with van der Waals surface area (Å²) in [7, 11) is 0. The summed E-state index contributed by atoms with van der Waals surface area (Å²) < 4.78 is 0.